The summed E-state index contributed by atoms with van der Waals surface area (Å²) in [5, 5.41) is 9.36. The first-order valence-electron chi connectivity index (χ1n) is 6.55. The maximum Gasteiger partial charge on any atom is 0.0857 e. The van der Waals surface area contributed by atoms with E-state index in [-0.39, 0.29) is 6.61 Å². The first-order chi connectivity index (χ1) is 8.89. The molecule has 0 N–H and O–H groups in total. The topological polar surface area (TPSA) is 67.8 Å². The van der Waals surface area contributed by atoms with E-state index in [0.29, 0.717) is 0 Å². The second-order valence-corrected chi connectivity index (χ2v) is 9.35. The van der Waals surface area contributed by atoms with Crippen molar-refractivity contribution in [1.82, 2.24) is 0 Å². The Hall–Kier alpha value is -0.220. The molecule has 0 aliphatic carbocycles. The van der Waals surface area contributed by atoms with Gasteiger partial charge in [0.15, 0.2) is 0 Å². The summed E-state index contributed by atoms with van der Waals surface area (Å²) in [5.74, 6) is -1.18. The second kappa shape index (κ2) is 14.2. The predicted octanol–water partition coefficient (Wildman–Crippen LogP) is 0.719. The molecule has 19 heavy (non-hydrogen) atoms. The molecule has 0 radical (unpaired) electrons. The van der Waals surface area contributed by atoms with E-state index in [1.54, 1.807) is 0 Å². The molecule has 0 heterocycles. The molecular weight excluding hydrogens is 267 g/mol. The normalized spacial score (nSPS) is 10.8. The molecule has 0 bridgehead atoms. The van der Waals surface area contributed by atoms with E-state index in [9.17, 15) is 9.90 Å². The summed E-state index contributed by atoms with van der Waals surface area (Å²) in [6.45, 7) is 12.1. The number of hydrogen-bond acceptors (Lipinski definition) is 5. The number of ether oxygens (including phenoxy) is 3. The minimum Gasteiger partial charge on any atom is -0.548 e. The molecule has 0 amide bonds. The lowest BCUT2D eigenvalue weighted by Gasteiger charge is -2.17. The zero-order chi connectivity index (χ0) is 15.1. The van der Waals surface area contributed by atoms with Gasteiger partial charge in [0.1, 0.15) is 0 Å². The van der Waals surface area contributed by atoms with Crippen molar-refractivity contribution in [3.05, 3.63) is 0 Å². The molecule has 0 saturated carbocycles. The molecule has 0 aliphatic rings. The van der Waals surface area contributed by atoms with Crippen molar-refractivity contribution in [3.63, 3.8) is 0 Å². The first-order valence-corrected chi connectivity index (χ1v) is 9.61. The van der Waals surface area contributed by atoms with Crippen LogP contribution in [-0.4, -0.2) is 71.8 Å². The number of aliphatic carboxylic acids is 1. The Morgan fingerprint density at radius 2 is 1.47 bits per heavy atom. The molecule has 0 aromatic rings. The van der Waals surface area contributed by atoms with Gasteiger partial charge >= 0.3 is 0 Å². The third-order valence-electron chi connectivity index (χ3n) is 2.35. The van der Waals surface area contributed by atoms with E-state index in [0.717, 1.165) is 26.4 Å². The third-order valence-corrected chi connectivity index (χ3v) is 5.14. The fourth-order valence-corrected chi connectivity index (χ4v) is 2.61. The van der Waals surface area contributed by atoms with Crippen molar-refractivity contribution in [1.29, 1.82) is 0 Å². The number of rotatable bonds is 10. The van der Waals surface area contributed by atoms with Gasteiger partial charge in [-0.1, -0.05) is 0 Å². The summed E-state index contributed by atoms with van der Waals surface area (Å²) in [6, 6.07) is 0. The number of carboxylic acids is 1. The average Bonchev–Trinajstić information content (AvgIpc) is 2.30. The van der Waals surface area contributed by atoms with Gasteiger partial charge in [0.2, 0.25) is 0 Å². The summed E-state index contributed by atoms with van der Waals surface area (Å²) >= 11 is 0. The molecule has 0 unspecified atom stereocenters. The summed E-state index contributed by atoms with van der Waals surface area (Å²) in [7, 11) is 0.549. The van der Waals surface area contributed by atoms with Crippen LogP contribution in [0.5, 0.6) is 0 Å². The van der Waals surface area contributed by atoms with Crippen LogP contribution in [0.4, 0.5) is 0 Å². The van der Waals surface area contributed by atoms with E-state index < -0.39 is 13.2 Å². The largest absolute Gasteiger partial charge is 0.548 e. The van der Waals surface area contributed by atoms with Gasteiger partial charge in [-0.05, 0) is 13.8 Å². The van der Waals surface area contributed by atoms with E-state index >= 15 is 0 Å². The van der Waals surface area contributed by atoms with Gasteiger partial charge in [-0.15, -0.1) is 0 Å². The van der Waals surface area contributed by atoms with Crippen LogP contribution in [0.15, 0.2) is 0 Å². The highest BCUT2D eigenvalue weighted by molar-refractivity contribution is 7.74. The molecular formula is C13H29O5P. The van der Waals surface area contributed by atoms with Crippen LogP contribution in [0.3, 0.4) is 0 Å². The first kappa shape index (κ1) is 21.1. The number of methoxy groups -OCH3 is 1. The molecule has 116 valence electrons. The Morgan fingerprint density at radius 1 is 1.05 bits per heavy atom. The zero-order valence-corrected chi connectivity index (χ0v) is 13.8. The monoisotopic (exact) mass is 296 g/mol. The Morgan fingerprint density at radius 3 is 1.68 bits per heavy atom. The van der Waals surface area contributed by atoms with Gasteiger partial charge in [-0.25, -0.2) is 0 Å². The van der Waals surface area contributed by atoms with Gasteiger partial charge in [0.25, 0.3) is 0 Å². The molecule has 0 aromatic heterocycles. The Kier molecular flexibility index (Phi) is 15.8. The lowest BCUT2D eigenvalue weighted by molar-refractivity contribution is -0.309. The highest BCUT2D eigenvalue weighted by Gasteiger charge is 2.23. The molecule has 0 saturated heterocycles. The molecule has 0 atom stereocenters. The maximum atomic E-state index is 9.36. The summed E-state index contributed by atoms with van der Waals surface area (Å²) in [5.41, 5.74) is 0. The highest BCUT2D eigenvalue weighted by atomic mass is 31.2. The van der Waals surface area contributed by atoms with Crippen LogP contribution >= 0.6 is 7.26 Å². The average molecular weight is 296 g/mol. The van der Waals surface area contributed by atoms with Crippen LogP contribution in [0.25, 0.3) is 0 Å². The van der Waals surface area contributed by atoms with Crippen molar-refractivity contribution < 1.29 is 24.1 Å². The van der Waals surface area contributed by atoms with Gasteiger partial charge in [0, 0.05) is 40.9 Å². The quantitative estimate of drug-likeness (QED) is 0.439. The number of hydrogen-bond donors (Lipinski definition) is 0. The number of carbonyl (C=O) groups excluding carboxylic acids is 1. The van der Waals surface area contributed by atoms with Crippen molar-refractivity contribution in [2.75, 3.05) is 65.8 Å². The number of carboxylic acid groups (broad SMARTS) is 1. The van der Waals surface area contributed by atoms with Crippen molar-refractivity contribution >= 4 is 13.2 Å². The Bertz CT molecular complexity index is 197. The molecule has 5 nitrogen and oxygen atoms in total. The van der Waals surface area contributed by atoms with Crippen LogP contribution in [0.2, 0.25) is 0 Å². The van der Waals surface area contributed by atoms with Gasteiger partial charge in [-0.3, -0.25) is 0 Å². The van der Waals surface area contributed by atoms with Crippen molar-refractivity contribution in [2.45, 2.75) is 13.8 Å². The standard InChI is InChI=1S/C10H24O2P.C3H6O3/c1-5-11-7-9-13(3,4)10-8-12-6-2;1-6-2-3(4)5/h5-10H2,1-4H3;2H2,1H3,(H,4,5)/q+1;/p-1. The predicted molar refractivity (Wildman–Crippen MR) is 78.4 cm³/mol. The lowest BCUT2D eigenvalue weighted by Crippen LogP contribution is -2.26. The zero-order valence-electron chi connectivity index (χ0n) is 12.9. The van der Waals surface area contributed by atoms with Crippen LogP contribution in [-0.2, 0) is 19.0 Å². The molecule has 0 rings (SSSR count). The lowest BCUT2D eigenvalue weighted by atomic mass is 10.8. The second-order valence-electron chi connectivity index (χ2n) is 4.58. The molecule has 0 aromatic carbocycles. The summed E-state index contributed by atoms with van der Waals surface area (Å²) in [6.07, 6.45) is 2.46. The third kappa shape index (κ3) is 20.3. The highest BCUT2D eigenvalue weighted by Crippen LogP contribution is 2.50. The van der Waals surface area contributed by atoms with E-state index in [1.807, 2.05) is 13.8 Å². The molecule has 0 fully saturated rings. The molecule has 0 spiro atoms. The van der Waals surface area contributed by atoms with Crippen molar-refractivity contribution in [3.8, 4) is 0 Å². The fourth-order valence-electron chi connectivity index (χ4n) is 1.14. The molecule has 6 heteroatoms. The van der Waals surface area contributed by atoms with E-state index in [1.165, 1.54) is 19.4 Å². The van der Waals surface area contributed by atoms with Crippen LogP contribution < -0.4 is 5.11 Å². The van der Waals surface area contributed by atoms with Crippen LogP contribution in [0.1, 0.15) is 13.8 Å². The van der Waals surface area contributed by atoms with Crippen LogP contribution in [0, 0.1) is 0 Å². The number of carbonyl (C=O) groups is 1. The van der Waals surface area contributed by atoms with Gasteiger partial charge < -0.3 is 24.1 Å². The maximum absolute atomic E-state index is 9.36. The summed E-state index contributed by atoms with van der Waals surface area (Å²) < 4.78 is 14.9. The Balaban J connectivity index is 0. The van der Waals surface area contributed by atoms with Crippen molar-refractivity contribution in [2.24, 2.45) is 0 Å². The SMILES string of the molecule is CCOCC[P+](C)(C)CCOCC.COCC(=O)[O-]. The van der Waals surface area contributed by atoms with E-state index in [2.05, 4.69) is 18.1 Å². The fraction of sp³-hybridized carbons (Fsp3) is 0.923. The Labute approximate surface area is 118 Å². The summed E-state index contributed by atoms with van der Waals surface area (Å²) in [4.78, 5) is 9.36. The molecule has 0 aliphatic heterocycles. The minimum absolute atomic E-state index is 0.319. The van der Waals surface area contributed by atoms with Gasteiger partial charge in [-0.2, -0.15) is 0 Å². The minimum atomic E-state index is -1.18. The smallest absolute Gasteiger partial charge is 0.0857 e. The van der Waals surface area contributed by atoms with Gasteiger partial charge in [0.05, 0.1) is 38.1 Å². The van der Waals surface area contributed by atoms with E-state index in [4.69, 9.17) is 9.47 Å².